The summed E-state index contributed by atoms with van der Waals surface area (Å²) in [6.45, 7) is 1.84. The number of carbonyl (C=O) groups excluding carboxylic acids is 1. The second-order valence-electron chi connectivity index (χ2n) is 5.57. The van der Waals surface area contributed by atoms with E-state index >= 15 is 0 Å². The van der Waals surface area contributed by atoms with E-state index < -0.39 is 10.0 Å². The number of halogens is 1. The molecule has 0 aliphatic rings. The molecule has 0 fully saturated rings. The maximum absolute atomic E-state index is 12.4. The van der Waals surface area contributed by atoms with E-state index in [2.05, 4.69) is 5.32 Å². The summed E-state index contributed by atoms with van der Waals surface area (Å²) in [4.78, 5) is 12.5. The van der Waals surface area contributed by atoms with Gasteiger partial charge in [0.1, 0.15) is 0 Å². The molecule has 5 nitrogen and oxygen atoms in total. The maximum atomic E-state index is 12.4. The van der Waals surface area contributed by atoms with Gasteiger partial charge < -0.3 is 5.32 Å². The van der Waals surface area contributed by atoms with Crippen molar-refractivity contribution in [2.75, 3.05) is 14.1 Å². The van der Waals surface area contributed by atoms with Gasteiger partial charge in [-0.25, -0.2) is 12.7 Å². The first-order chi connectivity index (χ1) is 11.2. The summed E-state index contributed by atoms with van der Waals surface area (Å²) in [6.07, 6.45) is 0. The molecular formula is C17H19ClN2O3S. The molecule has 0 radical (unpaired) electrons. The summed E-state index contributed by atoms with van der Waals surface area (Å²) in [5.41, 5.74) is 1.15. The Morgan fingerprint density at radius 2 is 1.79 bits per heavy atom. The number of nitrogens with zero attached hydrogens (tertiary/aromatic N) is 1. The third kappa shape index (κ3) is 4.14. The van der Waals surface area contributed by atoms with Crippen LogP contribution in [0.15, 0.2) is 53.4 Å². The molecule has 2 rings (SSSR count). The molecule has 2 aromatic carbocycles. The molecule has 1 amide bonds. The molecule has 0 saturated heterocycles. The Morgan fingerprint density at radius 3 is 2.42 bits per heavy atom. The van der Waals surface area contributed by atoms with Crippen LogP contribution >= 0.6 is 11.6 Å². The van der Waals surface area contributed by atoms with Gasteiger partial charge in [-0.2, -0.15) is 0 Å². The first-order valence-corrected chi connectivity index (χ1v) is 9.12. The molecule has 0 aromatic heterocycles. The Balaban J connectivity index is 2.22. The molecule has 1 N–H and O–H groups in total. The predicted octanol–water partition coefficient (Wildman–Crippen LogP) is 3.08. The quantitative estimate of drug-likeness (QED) is 0.884. The standard InChI is InChI=1S/C17H19ClN2O3S/c1-12(13-6-4-8-15(18)10-13)19-17(21)14-7-5-9-16(11-14)24(22,23)20(2)3/h4-12H,1-3H3,(H,19,21)/t12-/m0/s1. The van der Waals surface area contributed by atoms with Crippen LogP contribution in [0.25, 0.3) is 0 Å². The molecule has 0 unspecified atom stereocenters. The number of rotatable bonds is 5. The van der Waals surface area contributed by atoms with Gasteiger partial charge in [0, 0.05) is 24.7 Å². The Morgan fingerprint density at radius 1 is 1.12 bits per heavy atom. The highest BCUT2D eigenvalue weighted by Crippen LogP contribution is 2.19. The van der Waals surface area contributed by atoms with Crippen LogP contribution in [0.4, 0.5) is 0 Å². The van der Waals surface area contributed by atoms with E-state index in [1.807, 2.05) is 19.1 Å². The lowest BCUT2D eigenvalue weighted by Crippen LogP contribution is -2.27. The Hall–Kier alpha value is -1.89. The Bertz CT molecular complexity index is 850. The lowest BCUT2D eigenvalue weighted by molar-refractivity contribution is 0.0939. The van der Waals surface area contributed by atoms with Crippen molar-refractivity contribution in [1.82, 2.24) is 9.62 Å². The van der Waals surface area contributed by atoms with E-state index in [9.17, 15) is 13.2 Å². The minimum absolute atomic E-state index is 0.0792. The van der Waals surface area contributed by atoms with Crippen molar-refractivity contribution in [3.63, 3.8) is 0 Å². The molecule has 0 saturated carbocycles. The van der Waals surface area contributed by atoms with E-state index in [1.165, 1.54) is 26.2 Å². The number of nitrogens with one attached hydrogen (secondary N) is 1. The number of benzene rings is 2. The predicted molar refractivity (Wildman–Crippen MR) is 94.6 cm³/mol. The van der Waals surface area contributed by atoms with Gasteiger partial charge in [-0.15, -0.1) is 0 Å². The molecule has 0 aliphatic heterocycles. The molecule has 2 aromatic rings. The van der Waals surface area contributed by atoms with Crippen LogP contribution in [-0.2, 0) is 10.0 Å². The van der Waals surface area contributed by atoms with Gasteiger partial charge in [-0.3, -0.25) is 4.79 Å². The molecule has 0 aliphatic carbocycles. The minimum atomic E-state index is -3.58. The normalized spacial score (nSPS) is 12.9. The Kier molecular flexibility index (Phi) is 5.64. The molecular weight excluding hydrogens is 348 g/mol. The monoisotopic (exact) mass is 366 g/mol. The lowest BCUT2D eigenvalue weighted by Gasteiger charge is -2.16. The summed E-state index contributed by atoms with van der Waals surface area (Å²) in [6, 6.07) is 12.9. The largest absolute Gasteiger partial charge is 0.346 e. The van der Waals surface area contributed by atoms with Gasteiger partial charge in [-0.05, 0) is 42.8 Å². The van der Waals surface area contributed by atoms with Gasteiger partial charge in [0.25, 0.3) is 5.91 Å². The van der Waals surface area contributed by atoms with Crippen molar-refractivity contribution in [2.24, 2.45) is 0 Å². The van der Waals surface area contributed by atoms with Crippen molar-refractivity contribution in [1.29, 1.82) is 0 Å². The highest BCUT2D eigenvalue weighted by molar-refractivity contribution is 7.89. The van der Waals surface area contributed by atoms with Crippen molar-refractivity contribution in [3.05, 3.63) is 64.7 Å². The fourth-order valence-corrected chi connectivity index (χ4v) is 3.29. The van der Waals surface area contributed by atoms with Crippen molar-refractivity contribution in [3.8, 4) is 0 Å². The van der Waals surface area contributed by atoms with Crippen molar-refractivity contribution < 1.29 is 13.2 Å². The minimum Gasteiger partial charge on any atom is -0.346 e. The summed E-state index contributed by atoms with van der Waals surface area (Å²) in [5, 5.41) is 3.43. The first kappa shape index (κ1) is 18.4. The zero-order chi connectivity index (χ0) is 17.9. The number of hydrogen-bond acceptors (Lipinski definition) is 3. The molecule has 0 heterocycles. The Labute approximate surface area is 147 Å². The van der Waals surface area contributed by atoms with Gasteiger partial charge in [0.2, 0.25) is 10.0 Å². The smallest absolute Gasteiger partial charge is 0.251 e. The number of amides is 1. The molecule has 0 spiro atoms. The molecule has 24 heavy (non-hydrogen) atoms. The molecule has 0 bridgehead atoms. The number of hydrogen-bond donors (Lipinski definition) is 1. The highest BCUT2D eigenvalue weighted by Gasteiger charge is 2.19. The van der Waals surface area contributed by atoms with E-state index in [0.717, 1.165) is 9.87 Å². The summed E-state index contributed by atoms with van der Waals surface area (Å²) >= 11 is 5.96. The van der Waals surface area contributed by atoms with Crippen LogP contribution in [0.2, 0.25) is 5.02 Å². The van der Waals surface area contributed by atoms with E-state index in [1.54, 1.807) is 24.3 Å². The second kappa shape index (κ2) is 7.34. The van der Waals surface area contributed by atoms with Gasteiger partial charge in [-0.1, -0.05) is 29.8 Å². The van der Waals surface area contributed by atoms with Gasteiger partial charge in [0.05, 0.1) is 10.9 Å². The third-order valence-corrected chi connectivity index (χ3v) is 5.62. The second-order valence-corrected chi connectivity index (χ2v) is 8.15. The van der Waals surface area contributed by atoms with E-state index in [-0.39, 0.29) is 22.4 Å². The number of sulfonamides is 1. The summed E-state index contributed by atoms with van der Waals surface area (Å²) < 4.78 is 25.4. The van der Waals surface area contributed by atoms with Crippen molar-refractivity contribution in [2.45, 2.75) is 17.9 Å². The average Bonchev–Trinajstić information content (AvgIpc) is 2.54. The average molecular weight is 367 g/mol. The maximum Gasteiger partial charge on any atom is 0.251 e. The van der Waals surface area contributed by atoms with Crippen LogP contribution in [0.1, 0.15) is 28.9 Å². The molecule has 128 valence electrons. The zero-order valence-electron chi connectivity index (χ0n) is 13.7. The van der Waals surface area contributed by atoms with Gasteiger partial charge >= 0.3 is 0 Å². The van der Waals surface area contributed by atoms with E-state index in [4.69, 9.17) is 11.6 Å². The fraction of sp³-hybridized carbons (Fsp3) is 0.235. The summed E-state index contributed by atoms with van der Waals surface area (Å²) in [5.74, 6) is -0.349. The zero-order valence-corrected chi connectivity index (χ0v) is 15.2. The van der Waals surface area contributed by atoms with Crippen LogP contribution in [0, 0.1) is 0 Å². The number of carbonyl (C=O) groups is 1. The SMILES string of the molecule is C[C@H](NC(=O)c1cccc(S(=O)(=O)N(C)C)c1)c1cccc(Cl)c1. The highest BCUT2D eigenvalue weighted by atomic mass is 35.5. The van der Waals surface area contributed by atoms with Crippen molar-refractivity contribution >= 4 is 27.5 Å². The molecule has 1 atom stereocenters. The lowest BCUT2D eigenvalue weighted by atomic mass is 10.1. The third-order valence-electron chi connectivity index (χ3n) is 3.57. The van der Waals surface area contributed by atoms with E-state index in [0.29, 0.717) is 5.02 Å². The van der Waals surface area contributed by atoms with Crippen LogP contribution in [0.3, 0.4) is 0 Å². The van der Waals surface area contributed by atoms with Crippen LogP contribution in [0.5, 0.6) is 0 Å². The molecule has 7 heteroatoms. The summed E-state index contributed by atoms with van der Waals surface area (Å²) in [7, 11) is -0.688. The fourth-order valence-electron chi connectivity index (χ4n) is 2.15. The van der Waals surface area contributed by atoms with Gasteiger partial charge in [0.15, 0.2) is 0 Å². The first-order valence-electron chi connectivity index (χ1n) is 7.31. The van der Waals surface area contributed by atoms with Crippen LogP contribution in [-0.4, -0.2) is 32.7 Å². The topological polar surface area (TPSA) is 66.5 Å². The van der Waals surface area contributed by atoms with Crippen LogP contribution < -0.4 is 5.32 Å².